The second-order valence-electron chi connectivity index (χ2n) is 10.3. The predicted molar refractivity (Wildman–Crippen MR) is 139 cm³/mol. The SMILES string of the molecule is CN(C)CC(=O)CC1CCC(Oc2nc(N3CCOCC3)cc(-n3c(C(F)F)nc4ccccc43)n2)CC1. The molecule has 0 N–H and O–H groups in total. The Bertz CT molecular complexity index is 1250. The molecule has 1 saturated heterocycles. The number of ether oxygens (including phenoxy) is 2. The van der Waals surface area contributed by atoms with Gasteiger partial charge in [-0.25, -0.2) is 13.8 Å². The molecule has 1 aliphatic carbocycles. The minimum absolute atomic E-state index is 0.0999. The van der Waals surface area contributed by atoms with Gasteiger partial charge in [0.25, 0.3) is 6.43 Å². The number of alkyl halides is 2. The molecular weight excluding hydrogens is 494 g/mol. The van der Waals surface area contributed by atoms with E-state index in [0.717, 1.165) is 25.7 Å². The van der Waals surface area contributed by atoms with Gasteiger partial charge in [-0.2, -0.15) is 9.97 Å². The summed E-state index contributed by atoms with van der Waals surface area (Å²) in [7, 11) is 3.80. The van der Waals surface area contributed by atoms with Crippen LogP contribution in [-0.4, -0.2) is 83.2 Å². The van der Waals surface area contributed by atoms with Crippen molar-refractivity contribution >= 4 is 22.6 Å². The fraction of sp³-hybridized carbons (Fsp3) is 0.556. The quantitative estimate of drug-likeness (QED) is 0.411. The van der Waals surface area contributed by atoms with E-state index in [4.69, 9.17) is 9.47 Å². The van der Waals surface area contributed by atoms with E-state index in [2.05, 4.69) is 19.9 Å². The number of likely N-dealkylation sites (N-methyl/N-ethyl adjacent to an activating group) is 1. The average molecular weight is 529 g/mol. The van der Waals surface area contributed by atoms with Crippen LogP contribution in [0.2, 0.25) is 0 Å². The number of Topliss-reactive ketones (excluding diaryl/α,β-unsaturated/α-hetero) is 1. The van der Waals surface area contributed by atoms with Gasteiger partial charge >= 0.3 is 6.01 Å². The molecule has 2 aliphatic rings. The first-order valence-electron chi connectivity index (χ1n) is 13.2. The summed E-state index contributed by atoms with van der Waals surface area (Å²) in [4.78, 5) is 29.6. The second kappa shape index (κ2) is 11.7. The lowest BCUT2D eigenvalue weighted by Crippen LogP contribution is -2.37. The molecule has 0 unspecified atom stereocenters. The van der Waals surface area contributed by atoms with Crippen LogP contribution < -0.4 is 9.64 Å². The highest BCUT2D eigenvalue weighted by Gasteiger charge is 2.27. The summed E-state index contributed by atoms with van der Waals surface area (Å²) in [6.07, 6.45) is 1.06. The second-order valence-corrected chi connectivity index (χ2v) is 10.3. The Morgan fingerprint density at radius 1 is 1.08 bits per heavy atom. The molecule has 0 radical (unpaired) electrons. The van der Waals surface area contributed by atoms with Crippen molar-refractivity contribution in [3.05, 3.63) is 36.2 Å². The van der Waals surface area contributed by atoms with E-state index >= 15 is 0 Å². The molecule has 3 heterocycles. The van der Waals surface area contributed by atoms with E-state index in [1.165, 1.54) is 4.57 Å². The van der Waals surface area contributed by atoms with Crippen molar-refractivity contribution in [1.82, 2.24) is 24.4 Å². The van der Waals surface area contributed by atoms with Crippen LogP contribution in [-0.2, 0) is 9.53 Å². The van der Waals surface area contributed by atoms with Crippen molar-refractivity contribution in [1.29, 1.82) is 0 Å². The van der Waals surface area contributed by atoms with E-state index in [1.807, 2.05) is 19.0 Å². The number of hydrogen-bond acceptors (Lipinski definition) is 8. The zero-order valence-electron chi connectivity index (χ0n) is 21.9. The monoisotopic (exact) mass is 528 g/mol. The van der Waals surface area contributed by atoms with Crippen LogP contribution in [0, 0.1) is 5.92 Å². The van der Waals surface area contributed by atoms with Gasteiger partial charge < -0.3 is 19.3 Å². The Morgan fingerprint density at radius 3 is 2.50 bits per heavy atom. The first-order valence-corrected chi connectivity index (χ1v) is 13.2. The van der Waals surface area contributed by atoms with Gasteiger partial charge in [0.2, 0.25) is 0 Å². The molecule has 5 rings (SSSR count). The van der Waals surface area contributed by atoms with Gasteiger partial charge in [-0.1, -0.05) is 12.1 Å². The van der Waals surface area contributed by atoms with E-state index in [-0.39, 0.29) is 23.7 Å². The number of ketones is 1. The van der Waals surface area contributed by atoms with Gasteiger partial charge in [-0.3, -0.25) is 9.36 Å². The molecule has 38 heavy (non-hydrogen) atoms. The van der Waals surface area contributed by atoms with E-state index in [9.17, 15) is 13.6 Å². The maximum atomic E-state index is 14.1. The van der Waals surface area contributed by atoms with Crippen molar-refractivity contribution in [2.75, 3.05) is 51.8 Å². The first-order chi connectivity index (χ1) is 18.4. The highest BCUT2D eigenvalue weighted by Crippen LogP contribution is 2.32. The minimum atomic E-state index is -2.78. The number of morpholine rings is 1. The fourth-order valence-corrected chi connectivity index (χ4v) is 5.30. The highest BCUT2D eigenvalue weighted by atomic mass is 19.3. The highest BCUT2D eigenvalue weighted by molar-refractivity contribution is 5.80. The molecule has 0 spiro atoms. The van der Waals surface area contributed by atoms with E-state index in [0.29, 0.717) is 67.9 Å². The summed E-state index contributed by atoms with van der Waals surface area (Å²) >= 11 is 0. The van der Waals surface area contributed by atoms with Gasteiger partial charge in [0.15, 0.2) is 5.82 Å². The molecule has 2 fully saturated rings. The molecule has 0 atom stereocenters. The van der Waals surface area contributed by atoms with Crippen molar-refractivity contribution in [3.63, 3.8) is 0 Å². The zero-order valence-corrected chi connectivity index (χ0v) is 21.9. The molecule has 2 aromatic heterocycles. The lowest BCUT2D eigenvalue weighted by molar-refractivity contribution is -0.120. The Kier molecular flexibility index (Phi) is 8.13. The number of para-hydroxylation sites is 2. The Labute approximate surface area is 220 Å². The molecule has 1 aliphatic heterocycles. The summed E-state index contributed by atoms with van der Waals surface area (Å²) in [5, 5.41) is 0. The third kappa shape index (κ3) is 6.10. The lowest BCUT2D eigenvalue weighted by atomic mass is 9.84. The molecule has 3 aromatic rings. The van der Waals surface area contributed by atoms with E-state index < -0.39 is 6.43 Å². The average Bonchev–Trinajstić information content (AvgIpc) is 3.30. The number of aromatic nitrogens is 4. The van der Waals surface area contributed by atoms with Crippen molar-refractivity contribution in [3.8, 4) is 11.8 Å². The number of hydrogen-bond donors (Lipinski definition) is 0. The first kappa shape index (κ1) is 26.4. The normalized spacial score (nSPS) is 20.4. The molecule has 1 aromatic carbocycles. The van der Waals surface area contributed by atoms with Crippen molar-refractivity contribution in [2.24, 2.45) is 5.92 Å². The molecule has 1 saturated carbocycles. The Balaban J connectivity index is 1.40. The molecule has 11 heteroatoms. The van der Waals surface area contributed by atoms with Gasteiger partial charge in [0, 0.05) is 25.6 Å². The Morgan fingerprint density at radius 2 is 1.79 bits per heavy atom. The maximum Gasteiger partial charge on any atom is 0.320 e. The molecule has 0 amide bonds. The number of rotatable bonds is 9. The van der Waals surface area contributed by atoms with Crippen LogP contribution >= 0.6 is 0 Å². The summed E-state index contributed by atoms with van der Waals surface area (Å²) in [5.41, 5.74) is 1.02. The third-order valence-corrected chi connectivity index (χ3v) is 7.10. The number of carbonyl (C=O) groups excluding carboxylic acids is 1. The van der Waals surface area contributed by atoms with Crippen molar-refractivity contribution in [2.45, 2.75) is 44.6 Å². The molecule has 9 nitrogen and oxygen atoms in total. The number of nitrogens with zero attached hydrogens (tertiary/aromatic N) is 6. The molecule has 0 bridgehead atoms. The number of anilines is 1. The number of imidazole rings is 1. The summed E-state index contributed by atoms with van der Waals surface area (Å²) < 4.78 is 41.3. The van der Waals surface area contributed by atoms with Crippen molar-refractivity contribution < 1.29 is 23.0 Å². The van der Waals surface area contributed by atoms with Gasteiger partial charge in [0.1, 0.15) is 23.5 Å². The maximum absolute atomic E-state index is 14.1. The van der Waals surface area contributed by atoms with Crippen LogP contribution in [0.15, 0.2) is 30.3 Å². The lowest BCUT2D eigenvalue weighted by Gasteiger charge is -2.30. The van der Waals surface area contributed by atoms with Crippen LogP contribution in [0.4, 0.5) is 14.6 Å². The van der Waals surface area contributed by atoms with Crippen LogP contribution in [0.25, 0.3) is 16.9 Å². The minimum Gasteiger partial charge on any atom is -0.460 e. The number of fused-ring (bicyclic) bond motifs is 1. The summed E-state index contributed by atoms with van der Waals surface area (Å²) in [6.45, 7) is 2.85. The summed E-state index contributed by atoms with van der Waals surface area (Å²) in [6, 6.07) is 8.90. The van der Waals surface area contributed by atoms with Gasteiger partial charge in [0.05, 0.1) is 30.8 Å². The zero-order chi connectivity index (χ0) is 26.6. The Hall–Kier alpha value is -3.18. The third-order valence-electron chi connectivity index (χ3n) is 7.10. The number of halogens is 2. The van der Waals surface area contributed by atoms with Crippen LogP contribution in [0.5, 0.6) is 6.01 Å². The smallest absolute Gasteiger partial charge is 0.320 e. The van der Waals surface area contributed by atoms with E-state index in [1.54, 1.807) is 30.3 Å². The number of benzene rings is 1. The standard InChI is InChI=1S/C27H34F2N6O3/c1-33(2)17-19(36)15-18-7-9-20(10-8-18)38-27-31-23(34-11-13-37-14-12-34)16-24(32-27)35-22-6-4-3-5-21(22)30-26(35)25(28)29/h3-6,16,18,20,25H,7-15,17H2,1-2H3. The molecular formula is C27H34F2N6O3. The molecule has 204 valence electrons. The summed E-state index contributed by atoms with van der Waals surface area (Å²) in [5.74, 6) is 1.14. The van der Waals surface area contributed by atoms with Crippen LogP contribution in [0.1, 0.15) is 44.4 Å². The fourth-order valence-electron chi connectivity index (χ4n) is 5.30. The predicted octanol–water partition coefficient (Wildman–Crippen LogP) is 4.05. The largest absolute Gasteiger partial charge is 0.460 e. The van der Waals surface area contributed by atoms with Crippen LogP contribution in [0.3, 0.4) is 0 Å². The van der Waals surface area contributed by atoms with Gasteiger partial charge in [-0.05, 0) is 57.8 Å². The topological polar surface area (TPSA) is 85.6 Å². The van der Waals surface area contributed by atoms with Gasteiger partial charge in [-0.15, -0.1) is 0 Å². The number of carbonyl (C=O) groups is 1.